The average Bonchev–Trinajstić information content (AvgIpc) is 2.64. The predicted molar refractivity (Wildman–Crippen MR) is 102 cm³/mol. The fraction of sp³-hybridized carbons (Fsp3) is 0.100. The number of nitrogens with one attached hydrogen (secondary N) is 2. The van der Waals surface area contributed by atoms with Crippen molar-refractivity contribution in [3.63, 3.8) is 0 Å². The summed E-state index contributed by atoms with van der Waals surface area (Å²) >= 11 is 5.97. The largest absolute Gasteiger partial charge is 0.385 e. The number of amides is 1. The van der Waals surface area contributed by atoms with Crippen LogP contribution in [0, 0.1) is 5.82 Å². The van der Waals surface area contributed by atoms with Crippen LogP contribution in [0.4, 0.5) is 15.8 Å². The molecule has 132 valence electrons. The van der Waals surface area contributed by atoms with E-state index >= 15 is 0 Å². The van der Waals surface area contributed by atoms with Gasteiger partial charge in [0, 0.05) is 23.5 Å². The van der Waals surface area contributed by atoms with Crippen molar-refractivity contribution in [2.45, 2.75) is 6.42 Å². The average molecular weight is 370 g/mol. The van der Waals surface area contributed by atoms with Gasteiger partial charge in [-0.3, -0.25) is 9.78 Å². The van der Waals surface area contributed by atoms with Gasteiger partial charge in [0.15, 0.2) is 0 Å². The van der Waals surface area contributed by atoms with E-state index in [1.165, 1.54) is 18.3 Å². The Hall–Kier alpha value is -2.92. The van der Waals surface area contributed by atoms with Gasteiger partial charge in [0.05, 0.1) is 5.69 Å². The number of carbonyl (C=O) groups is 1. The highest BCUT2D eigenvalue weighted by Crippen LogP contribution is 2.15. The lowest BCUT2D eigenvalue weighted by atomic mass is 10.1. The van der Waals surface area contributed by atoms with Crippen molar-refractivity contribution in [3.8, 4) is 0 Å². The van der Waals surface area contributed by atoms with E-state index in [9.17, 15) is 9.18 Å². The monoisotopic (exact) mass is 369 g/mol. The molecule has 1 amide bonds. The number of aromatic nitrogens is 1. The van der Waals surface area contributed by atoms with Crippen molar-refractivity contribution in [1.82, 2.24) is 4.98 Å². The Morgan fingerprint density at radius 2 is 1.92 bits per heavy atom. The molecule has 1 heterocycles. The summed E-state index contributed by atoms with van der Waals surface area (Å²) in [6.07, 6.45) is 2.33. The minimum atomic E-state index is -0.489. The quantitative estimate of drug-likeness (QED) is 0.657. The molecule has 0 aliphatic rings. The van der Waals surface area contributed by atoms with E-state index < -0.39 is 11.7 Å². The SMILES string of the molecule is O=C(Nc1ccccc1F)c1cc(NCCc2cccc(Cl)c2)ccn1. The fourth-order valence-electron chi connectivity index (χ4n) is 2.46. The van der Waals surface area contributed by atoms with Crippen LogP contribution in [0.5, 0.6) is 0 Å². The highest BCUT2D eigenvalue weighted by Gasteiger charge is 2.10. The third kappa shape index (κ3) is 4.80. The number of halogens is 2. The van der Waals surface area contributed by atoms with Gasteiger partial charge in [-0.15, -0.1) is 0 Å². The standard InChI is InChI=1S/C20H17ClFN3O/c21-15-5-3-4-14(12-15)8-10-23-16-9-11-24-19(13-16)20(26)25-18-7-2-1-6-17(18)22/h1-7,9,11-13H,8,10H2,(H,23,24)(H,25,26). The molecule has 6 heteroatoms. The normalized spacial score (nSPS) is 10.4. The Morgan fingerprint density at radius 1 is 1.08 bits per heavy atom. The summed E-state index contributed by atoms with van der Waals surface area (Å²) in [5.41, 5.74) is 2.22. The highest BCUT2D eigenvalue weighted by molar-refractivity contribution is 6.30. The molecular formula is C20H17ClFN3O. The van der Waals surface area contributed by atoms with E-state index in [2.05, 4.69) is 15.6 Å². The molecule has 0 fully saturated rings. The second-order valence-corrected chi connectivity index (χ2v) is 6.11. The molecule has 0 radical (unpaired) electrons. The van der Waals surface area contributed by atoms with Crippen LogP contribution in [0.1, 0.15) is 16.1 Å². The lowest BCUT2D eigenvalue weighted by Crippen LogP contribution is -2.15. The van der Waals surface area contributed by atoms with E-state index in [0.29, 0.717) is 11.6 Å². The van der Waals surface area contributed by atoms with E-state index in [1.807, 2.05) is 24.3 Å². The second kappa shape index (κ2) is 8.45. The number of carbonyl (C=O) groups excluding carboxylic acids is 1. The lowest BCUT2D eigenvalue weighted by Gasteiger charge is -2.09. The van der Waals surface area contributed by atoms with Crippen molar-refractivity contribution in [2.75, 3.05) is 17.2 Å². The van der Waals surface area contributed by atoms with Crippen LogP contribution in [0.2, 0.25) is 5.02 Å². The maximum Gasteiger partial charge on any atom is 0.274 e. The molecule has 3 aromatic rings. The first-order chi connectivity index (χ1) is 12.6. The van der Waals surface area contributed by atoms with E-state index in [4.69, 9.17) is 11.6 Å². The van der Waals surface area contributed by atoms with Crippen LogP contribution < -0.4 is 10.6 Å². The van der Waals surface area contributed by atoms with Gasteiger partial charge < -0.3 is 10.6 Å². The summed E-state index contributed by atoms with van der Waals surface area (Å²) in [5, 5.41) is 6.48. The van der Waals surface area contributed by atoms with Gasteiger partial charge in [-0.25, -0.2) is 4.39 Å². The minimum absolute atomic E-state index is 0.124. The van der Waals surface area contributed by atoms with E-state index in [1.54, 1.807) is 24.3 Å². The molecule has 1 aromatic heterocycles. The molecule has 0 spiro atoms. The zero-order valence-electron chi connectivity index (χ0n) is 13.9. The predicted octanol–water partition coefficient (Wildman–Crippen LogP) is 4.78. The van der Waals surface area contributed by atoms with Crippen LogP contribution in [0.15, 0.2) is 66.9 Å². The Morgan fingerprint density at radius 3 is 2.73 bits per heavy atom. The smallest absolute Gasteiger partial charge is 0.274 e. The summed E-state index contributed by atoms with van der Waals surface area (Å²) < 4.78 is 13.6. The summed E-state index contributed by atoms with van der Waals surface area (Å²) in [5.74, 6) is -0.953. The summed E-state index contributed by atoms with van der Waals surface area (Å²) in [6.45, 7) is 0.679. The number of benzene rings is 2. The molecule has 0 saturated carbocycles. The van der Waals surface area contributed by atoms with Gasteiger partial charge in [0.2, 0.25) is 0 Å². The third-order valence-corrected chi connectivity index (χ3v) is 3.98. The molecule has 2 N–H and O–H groups in total. The Balaban J connectivity index is 1.60. The highest BCUT2D eigenvalue weighted by atomic mass is 35.5. The third-order valence-electron chi connectivity index (χ3n) is 3.75. The molecule has 3 rings (SSSR count). The maximum absolute atomic E-state index is 13.6. The van der Waals surface area contributed by atoms with Crippen molar-refractivity contribution in [1.29, 1.82) is 0 Å². The number of anilines is 2. The fourth-order valence-corrected chi connectivity index (χ4v) is 2.67. The molecule has 0 aliphatic carbocycles. The Labute approximate surface area is 156 Å². The minimum Gasteiger partial charge on any atom is -0.385 e. The zero-order valence-corrected chi connectivity index (χ0v) is 14.6. The van der Waals surface area contributed by atoms with Gasteiger partial charge >= 0.3 is 0 Å². The molecule has 0 saturated heterocycles. The molecule has 4 nitrogen and oxygen atoms in total. The molecule has 2 aromatic carbocycles. The van der Waals surface area contributed by atoms with Crippen LogP contribution >= 0.6 is 11.6 Å². The molecule has 26 heavy (non-hydrogen) atoms. The molecule has 0 bridgehead atoms. The first kappa shape index (κ1) is 17.9. The number of pyridine rings is 1. The summed E-state index contributed by atoms with van der Waals surface area (Å²) in [7, 11) is 0. The second-order valence-electron chi connectivity index (χ2n) is 5.67. The van der Waals surface area contributed by atoms with Gasteiger partial charge in [-0.1, -0.05) is 35.9 Å². The summed E-state index contributed by atoms with van der Waals surface area (Å²) in [6, 6.07) is 17.1. The molecule has 0 atom stereocenters. The van der Waals surface area contributed by atoms with Crippen molar-refractivity contribution >= 4 is 28.9 Å². The first-order valence-corrected chi connectivity index (χ1v) is 8.50. The molecular weight excluding hydrogens is 353 g/mol. The number of hydrogen-bond donors (Lipinski definition) is 2. The van der Waals surface area contributed by atoms with Crippen LogP contribution in [0.25, 0.3) is 0 Å². The maximum atomic E-state index is 13.6. The number of rotatable bonds is 6. The lowest BCUT2D eigenvalue weighted by molar-refractivity contribution is 0.102. The van der Waals surface area contributed by atoms with Crippen LogP contribution in [-0.4, -0.2) is 17.4 Å². The Bertz CT molecular complexity index is 917. The topological polar surface area (TPSA) is 54.0 Å². The first-order valence-electron chi connectivity index (χ1n) is 8.12. The van der Waals surface area contributed by atoms with E-state index in [-0.39, 0.29) is 11.4 Å². The molecule has 0 unspecified atom stereocenters. The van der Waals surface area contributed by atoms with Gasteiger partial charge in [-0.05, 0) is 48.4 Å². The van der Waals surface area contributed by atoms with E-state index in [0.717, 1.165) is 17.7 Å². The molecule has 0 aliphatic heterocycles. The van der Waals surface area contributed by atoms with Crippen molar-refractivity contribution in [3.05, 3.63) is 89.0 Å². The van der Waals surface area contributed by atoms with Gasteiger partial charge in [0.25, 0.3) is 5.91 Å². The zero-order chi connectivity index (χ0) is 18.4. The van der Waals surface area contributed by atoms with Gasteiger partial charge in [-0.2, -0.15) is 0 Å². The number of para-hydroxylation sites is 1. The number of nitrogens with zero attached hydrogens (tertiary/aromatic N) is 1. The Kier molecular flexibility index (Phi) is 5.81. The van der Waals surface area contributed by atoms with Crippen molar-refractivity contribution in [2.24, 2.45) is 0 Å². The van der Waals surface area contributed by atoms with Crippen LogP contribution in [-0.2, 0) is 6.42 Å². The van der Waals surface area contributed by atoms with Gasteiger partial charge in [0.1, 0.15) is 11.5 Å². The summed E-state index contributed by atoms with van der Waals surface area (Å²) in [4.78, 5) is 16.3. The van der Waals surface area contributed by atoms with Crippen molar-refractivity contribution < 1.29 is 9.18 Å². The number of hydrogen-bond acceptors (Lipinski definition) is 3. The van der Waals surface area contributed by atoms with Crippen LogP contribution in [0.3, 0.4) is 0 Å².